The van der Waals surface area contributed by atoms with Gasteiger partial charge in [-0.3, -0.25) is 4.79 Å². The van der Waals surface area contributed by atoms with Crippen LogP contribution in [-0.2, 0) is 11.2 Å². The smallest absolute Gasteiger partial charge is 0.309 e. The molecule has 0 amide bonds. The van der Waals surface area contributed by atoms with Crippen molar-refractivity contribution in [1.82, 2.24) is 0 Å². The Morgan fingerprint density at radius 1 is 1.21 bits per heavy atom. The number of carboxylic acids is 1. The summed E-state index contributed by atoms with van der Waals surface area (Å²) in [5.74, 6) is -0.135. The molecular weight excluding hydrogens is 264 g/mol. The number of carboxylic acid groups (broad SMARTS) is 1. The van der Waals surface area contributed by atoms with Crippen LogP contribution in [0.15, 0.2) is 0 Å². The Hall–Kier alpha value is -1.22. The number of halogens is 1. The first-order valence-corrected chi connectivity index (χ1v) is 6.56. The molecule has 0 aliphatic carbocycles. The highest BCUT2D eigenvalue weighted by Crippen LogP contribution is 2.39. The van der Waals surface area contributed by atoms with Gasteiger partial charge in [0.15, 0.2) is 0 Å². The minimum absolute atomic E-state index is 0.449. The van der Waals surface area contributed by atoms with Crippen molar-refractivity contribution >= 4 is 17.6 Å². The predicted octanol–water partition coefficient (Wildman–Crippen LogP) is 3.93. The molecule has 0 aromatic heterocycles. The lowest BCUT2D eigenvalue weighted by Crippen LogP contribution is -2.27. The summed E-state index contributed by atoms with van der Waals surface area (Å²) < 4.78 is 5.32. The Morgan fingerprint density at radius 2 is 1.74 bits per heavy atom. The second-order valence-corrected chi connectivity index (χ2v) is 5.94. The lowest BCUT2D eigenvalue weighted by molar-refractivity contribution is -0.146. The zero-order valence-corrected chi connectivity index (χ0v) is 13.1. The standard InChI is InChI=1S/C15H21ClO3/c1-8-9(2)13(19-6)12(16)10(3)11(8)7-15(4,5)14(17)18/h7H2,1-6H3,(H,17,18). The van der Waals surface area contributed by atoms with E-state index in [-0.39, 0.29) is 0 Å². The van der Waals surface area contributed by atoms with Crippen LogP contribution in [0.4, 0.5) is 0 Å². The summed E-state index contributed by atoms with van der Waals surface area (Å²) in [5.41, 5.74) is 3.09. The molecule has 19 heavy (non-hydrogen) atoms. The molecular formula is C15H21ClO3. The minimum atomic E-state index is -0.820. The second kappa shape index (κ2) is 5.41. The summed E-state index contributed by atoms with van der Waals surface area (Å²) in [5, 5.41) is 9.84. The minimum Gasteiger partial charge on any atom is -0.495 e. The van der Waals surface area contributed by atoms with Crippen molar-refractivity contribution < 1.29 is 14.6 Å². The molecule has 0 fully saturated rings. The van der Waals surface area contributed by atoms with Crippen molar-refractivity contribution in [2.75, 3.05) is 7.11 Å². The third-order valence-electron chi connectivity index (χ3n) is 3.74. The van der Waals surface area contributed by atoms with Crippen molar-refractivity contribution in [3.63, 3.8) is 0 Å². The van der Waals surface area contributed by atoms with Gasteiger partial charge in [0, 0.05) is 0 Å². The van der Waals surface area contributed by atoms with E-state index in [9.17, 15) is 9.90 Å². The monoisotopic (exact) mass is 284 g/mol. The number of hydrogen-bond donors (Lipinski definition) is 1. The summed E-state index contributed by atoms with van der Waals surface area (Å²) in [6.45, 7) is 9.28. The van der Waals surface area contributed by atoms with E-state index < -0.39 is 11.4 Å². The fourth-order valence-corrected chi connectivity index (χ4v) is 2.50. The van der Waals surface area contributed by atoms with Crippen molar-refractivity contribution in [3.8, 4) is 5.75 Å². The number of ether oxygens (including phenoxy) is 1. The number of carbonyl (C=O) groups is 1. The van der Waals surface area contributed by atoms with Crippen LogP contribution in [0.3, 0.4) is 0 Å². The predicted molar refractivity (Wildman–Crippen MR) is 77.3 cm³/mol. The third kappa shape index (κ3) is 2.86. The van der Waals surface area contributed by atoms with Gasteiger partial charge in [0.2, 0.25) is 0 Å². The molecule has 0 aliphatic heterocycles. The highest BCUT2D eigenvalue weighted by atomic mass is 35.5. The fourth-order valence-electron chi connectivity index (χ4n) is 2.17. The topological polar surface area (TPSA) is 46.5 Å². The van der Waals surface area contributed by atoms with Gasteiger partial charge in [0.1, 0.15) is 5.75 Å². The van der Waals surface area contributed by atoms with Gasteiger partial charge in [-0.25, -0.2) is 0 Å². The Bertz CT molecular complexity index is 490. The molecule has 1 N–H and O–H groups in total. The van der Waals surface area contributed by atoms with Gasteiger partial charge in [0.25, 0.3) is 0 Å². The molecule has 0 radical (unpaired) electrons. The maximum Gasteiger partial charge on any atom is 0.309 e. The average molecular weight is 285 g/mol. The molecule has 1 rings (SSSR count). The molecule has 106 valence electrons. The molecule has 0 atom stereocenters. The second-order valence-electron chi connectivity index (χ2n) is 5.57. The van der Waals surface area contributed by atoms with E-state index in [4.69, 9.17) is 16.3 Å². The van der Waals surface area contributed by atoms with E-state index >= 15 is 0 Å². The van der Waals surface area contributed by atoms with Crippen LogP contribution in [0.1, 0.15) is 36.1 Å². The summed E-state index contributed by atoms with van der Waals surface area (Å²) in [4.78, 5) is 11.3. The van der Waals surface area contributed by atoms with Crippen molar-refractivity contribution in [2.24, 2.45) is 5.41 Å². The van der Waals surface area contributed by atoms with Crippen molar-refractivity contribution in [2.45, 2.75) is 41.0 Å². The van der Waals surface area contributed by atoms with E-state index in [2.05, 4.69) is 0 Å². The van der Waals surface area contributed by atoms with Gasteiger partial charge in [-0.2, -0.15) is 0 Å². The van der Waals surface area contributed by atoms with E-state index in [0.717, 1.165) is 22.3 Å². The van der Waals surface area contributed by atoms with Gasteiger partial charge in [-0.05, 0) is 63.3 Å². The molecule has 0 spiro atoms. The normalized spacial score (nSPS) is 11.5. The average Bonchev–Trinajstić information content (AvgIpc) is 2.33. The first kappa shape index (κ1) is 15.8. The van der Waals surface area contributed by atoms with Gasteiger partial charge in [0.05, 0.1) is 17.5 Å². The number of benzene rings is 1. The van der Waals surface area contributed by atoms with E-state index in [1.807, 2.05) is 20.8 Å². The highest BCUT2D eigenvalue weighted by Gasteiger charge is 2.30. The summed E-state index contributed by atoms with van der Waals surface area (Å²) in [6.07, 6.45) is 0.449. The molecule has 4 heteroatoms. The number of hydrogen-bond acceptors (Lipinski definition) is 2. The fraction of sp³-hybridized carbons (Fsp3) is 0.533. The lowest BCUT2D eigenvalue weighted by atomic mass is 9.81. The molecule has 0 unspecified atom stereocenters. The highest BCUT2D eigenvalue weighted by molar-refractivity contribution is 6.33. The molecule has 0 heterocycles. The van der Waals surface area contributed by atoms with E-state index in [1.165, 1.54) is 0 Å². The Balaban J connectivity index is 3.42. The quantitative estimate of drug-likeness (QED) is 0.911. The zero-order chi connectivity index (χ0) is 15.0. The van der Waals surface area contributed by atoms with E-state index in [1.54, 1.807) is 21.0 Å². The first-order chi connectivity index (χ1) is 8.63. The Labute approximate surface area is 119 Å². The van der Waals surface area contributed by atoms with Gasteiger partial charge >= 0.3 is 5.97 Å². The molecule has 1 aromatic carbocycles. The third-order valence-corrected chi connectivity index (χ3v) is 4.19. The maximum absolute atomic E-state index is 11.3. The number of methoxy groups -OCH3 is 1. The largest absolute Gasteiger partial charge is 0.495 e. The molecule has 0 bridgehead atoms. The van der Waals surface area contributed by atoms with Crippen LogP contribution >= 0.6 is 11.6 Å². The van der Waals surface area contributed by atoms with Crippen LogP contribution in [0, 0.1) is 26.2 Å². The van der Waals surface area contributed by atoms with Gasteiger partial charge < -0.3 is 9.84 Å². The van der Waals surface area contributed by atoms with Gasteiger partial charge in [-0.15, -0.1) is 0 Å². The van der Waals surface area contributed by atoms with Crippen LogP contribution in [0.5, 0.6) is 5.75 Å². The molecule has 0 aliphatic rings. The first-order valence-electron chi connectivity index (χ1n) is 6.19. The van der Waals surface area contributed by atoms with Crippen LogP contribution in [-0.4, -0.2) is 18.2 Å². The number of aliphatic carboxylic acids is 1. The summed E-state index contributed by atoms with van der Waals surface area (Å²) in [7, 11) is 1.59. The number of rotatable bonds is 4. The molecule has 0 saturated heterocycles. The van der Waals surface area contributed by atoms with Crippen molar-refractivity contribution in [3.05, 3.63) is 27.3 Å². The van der Waals surface area contributed by atoms with E-state index in [0.29, 0.717) is 17.2 Å². The Kier molecular flexibility index (Phi) is 4.51. The lowest BCUT2D eigenvalue weighted by Gasteiger charge is -2.24. The Morgan fingerprint density at radius 3 is 2.16 bits per heavy atom. The summed E-state index contributed by atoms with van der Waals surface area (Å²) in [6, 6.07) is 0. The van der Waals surface area contributed by atoms with Crippen LogP contribution in [0.25, 0.3) is 0 Å². The zero-order valence-electron chi connectivity index (χ0n) is 12.3. The molecule has 3 nitrogen and oxygen atoms in total. The van der Waals surface area contributed by atoms with Crippen molar-refractivity contribution in [1.29, 1.82) is 0 Å². The van der Waals surface area contributed by atoms with Gasteiger partial charge in [-0.1, -0.05) is 11.6 Å². The maximum atomic E-state index is 11.3. The summed E-state index contributed by atoms with van der Waals surface area (Å²) >= 11 is 6.31. The van der Waals surface area contributed by atoms with Crippen LogP contribution in [0.2, 0.25) is 5.02 Å². The SMILES string of the molecule is COc1c(C)c(C)c(CC(C)(C)C(=O)O)c(C)c1Cl. The molecule has 1 aromatic rings. The van der Waals surface area contributed by atoms with Crippen LogP contribution < -0.4 is 4.74 Å². The molecule has 0 saturated carbocycles.